The Morgan fingerprint density at radius 3 is 2.63 bits per heavy atom. The van der Waals surface area contributed by atoms with E-state index in [0.717, 1.165) is 19.6 Å². The standard InChI is InChI=1S/C23H29FN2O/c1-17-7-8-20(15-22(17)24)27-14-13-26-11-9-19(10-12-26)25-23-16-21(23)18-5-3-2-4-6-18/h2-8,15,19,21,23,25H,9-14,16H2,1H3/t21-,23+/m0/s1. The van der Waals surface area contributed by atoms with Crippen molar-refractivity contribution in [1.29, 1.82) is 0 Å². The predicted octanol–water partition coefficient (Wildman–Crippen LogP) is 4.12. The second-order valence-electron chi connectivity index (χ2n) is 7.90. The number of rotatable bonds is 7. The van der Waals surface area contributed by atoms with Gasteiger partial charge in [0, 0.05) is 30.6 Å². The monoisotopic (exact) mass is 368 g/mol. The summed E-state index contributed by atoms with van der Waals surface area (Å²) in [6.45, 7) is 5.48. The lowest BCUT2D eigenvalue weighted by Crippen LogP contribution is -2.44. The lowest BCUT2D eigenvalue weighted by Gasteiger charge is -2.32. The molecule has 2 atom stereocenters. The van der Waals surface area contributed by atoms with E-state index in [-0.39, 0.29) is 5.82 Å². The SMILES string of the molecule is Cc1ccc(OCCN2CCC(N[C@@H]3C[C@H]3c3ccccc3)CC2)cc1F. The van der Waals surface area contributed by atoms with Crippen molar-refractivity contribution in [3.8, 4) is 5.75 Å². The van der Waals surface area contributed by atoms with Crippen LogP contribution >= 0.6 is 0 Å². The van der Waals surface area contributed by atoms with Crippen LogP contribution in [0.1, 0.15) is 36.3 Å². The first kappa shape index (κ1) is 18.5. The van der Waals surface area contributed by atoms with Gasteiger partial charge in [0.1, 0.15) is 18.2 Å². The van der Waals surface area contributed by atoms with Crippen LogP contribution in [0.3, 0.4) is 0 Å². The molecule has 0 spiro atoms. The molecule has 0 aromatic heterocycles. The largest absolute Gasteiger partial charge is 0.492 e. The smallest absolute Gasteiger partial charge is 0.129 e. The molecule has 1 saturated heterocycles. The minimum absolute atomic E-state index is 0.201. The highest BCUT2D eigenvalue weighted by atomic mass is 19.1. The van der Waals surface area contributed by atoms with Crippen molar-refractivity contribution in [3.63, 3.8) is 0 Å². The number of benzene rings is 2. The number of hydrogen-bond acceptors (Lipinski definition) is 3. The molecule has 4 rings (SSSR count). The Labute approximate surface area is 161 Å². The van der Waals surface area contributed by atoms with Gasteiger partial charge in [-0.1, -0.05) is 36.4 Å². The topological polar surface area (TPSA) is 24.5 Å². The third-order valence-corrected chi connectivity index (χ3v) is 5.88. The Hall–Kier alpha value is -1.91. The van der Waals surface area contributed by atoms with Gasteiger partial charge in [0.05, 0.1) is 0 Å². The fraction of sp³-hybridized carbons (Fsp3) is 0.478. The van der Waals surface area contributed by atoms with Gasteiger partial charge in [-0.15, -0.1) is 0 Å². The molecule has 2 aliphatic rings. The molecule has 0 unspecified atom stereocenters. The maximum absolute atomic E-state index is 13.6. The molecule has 1 aliphatic heterocycles. The molecule has 4 heteroatoms. The summed E-state index contributed by atoms with van der Waals surface area (Å²) in [4.78, 5) is 2.45. The van der Waals surface area contributed by atoms with Gasteiger partial charge < -0.3 is 10.1 Å². The van der Waals surface area contributed by atoms with Crippen molar-refractivity contribution < 1.29 is 9.13 Å². The fourth-order valence-corrected chi connectivity index (χ4v) is 4.03. The van der Waals surface area contributed by atoms with E-state index in [0.29, 0.717) is 35.9 Å². The number of hydrogen-bond donors (Lipinski definition) is 1. The molecular formula is C23H29FN2O. The van der Waals surface area contributed by atoms with Crippen molar-refractivity contribution in [3.05, 3.63) is 65.5 Å². The molecule has 1 aliphatic carbocycles. The van der Waals surface area contributed by atoms with Crippen molar-refractivity contribution in [2.45, 2.75) is 44.2 Å². The van der Waals surface area contributed by atoms with Gasteiger partial charge in [0.25, 0.3) is 0 Å². The van der Waals surface area contributed by atoms with E-state index in [1.807, 2.05) is 6.07 Å². The van der Waals surface area contributed by atoms with Crippen molar-refractivity contribution in [2.24, 2.45) is 0 Å². The van der Waals surface area contributed by atoms with E-state index in [4.69, 9.17) is 4.74 Å². The van der Waals surface area contributed by atoms with E-state index >= 15 is 0 Å². The zero-order chi connectivity index (χ0) is 18.6. The van der Waals surface area contributed by atoms with Gasteiger partial charge in [-0.3, -0.25) is 4.90 Å². The Morgan fingerprint density at radius 2 is 1.89 bits per heavy atom. The van der Waals surface area contributed by atoms with Crippen LogP contribution in [-0.2, 0) is 0 Å². The van der Waals surface area contributed by atoms with E-state index < -0.39 is 0 Å². The van der Waals surface area contributed by atoms with Crippen LogP contribution in [0.25, 0.3) is 0 Å². The normalized spacial score (nSPS) is 23.3. The van der Waals surface area contributed by atoms with E-state index in [2.05, 4.69) is 40.5 Å². The molecule has 0 radical (unpaired) electrons. The van der Waals surface area contributed by atoms with E-state index in [1.165, 1.54) is 30.9 Å². The minimum atomic E-state index is -0.201. The Morgan fingerprint density at radius 1 is 1.11 bits per heavy atom. The number of aryl methyl sites for hydroxylation is 1. The van der Waals surface area contributed by atoms with Gasteiger partial charge in [-0.25, -0.2) is 4.39 Å². The van der Waals surface area contributed by atoms with E-state index in [9.17, 15) is 4.39 Å². The van der Waals surface area contributed by atoms with Crippen LogP contribution in [0.5, 0.6) is 5.75 Å². The van der Waals surface area contributed by atoms with Gasteiger partial charge in [0.2, 0.25) is 0 Å². The van der Waals surface area contributed by atoms with Gasteiger partial charge in [0.15, 0.2) is 0 Å². The zero-order valence-electron chi connectivity index (χ0n) is 16.0. The molecule has 2 aromatic carbocycles. The summed E-state index contributed by atoms with van der Waals surface area (Å²) in [5.41, 5.74) is 2.12. The summed E-state index contributed by atoms with van der Waals surface area (Å²) in [5.74, 6) is 1.12. The highest BCUT2D eigenvalue weighted by Gasteiger charge is 2.39. The van der Waals surface area contributed by atoms with Crippen LogP contribution in [-0.4, -0.2) is 43.2 Å². The lowest BCUT2D eigenvalue weighted by molar-refractivity contribution is 0.164. The lowest BCUT2D eigenvalue weighted by atomic mass is 10.0. The first-order valence-corrected chi connectivity index (χ1v) is 10.1. The highest BCUT2D eigenvalue weighted by molar-refractivity contribution is 5.28. The maximum atomic E-state index is 13.6. The maximum Gasteiger partial charge on any atom is 0.129 e. The van der Waals surface area contributed by atoms with Crippen LogP contribution in [0, 0.1) is 12.7 Å². The van der Waals surface area contributed by atoms with Crippen molar-refractivity contribution >= 4 is 0 Å². The molecule has 2 aromatic rings. The Kier molecular flexibility index (Phi) is 5.74. The molecule has 27 heavy (non-hydrogen) atoms. The number of ether oxygens (including phenoxy) is 1. The van der Waals surface area contributed by atoms with Crippen molar-refractivity contribution in [1.82, 2.24) is 10.2 Å². The molecule has 0 bridgehead atoms. The fourth-order valence-electron chi connectivity index (χ4n) is 4.03. The van der Waals surface area contributed by atoms with Gasteiger partial charge >= 0.3 is 0 Å². The quantitative estimate of drug-likeness (QED) is 0.796. The number of likely N-dealkylation sites (tertiary alicyclic amines) is 1. The minimum Gasteiger partial charge on any atom is -0.492 e. The summed E-state index contributed by atoms with van der Waals surface area (Å²) in [7, 11) is 0. The number of piperidine rings is 1. The predicted molar refractivity (Wildman–Crippen MR) is 107 cm³/mol. The number of halogens is 1. The molecule has 2 fully saturated rings. The summed E-state index contributed by atoms with van der Waals surface area (Å²) in [6, 6.07) is 17.2. The Bertz CT molecular complexity index is 743. The third-order valence-electron chi connectivity index (χ3n) is 5.88. The first-order chi connectivity index (χ1) is 13.2. The van der Waals surface area contributed by atoms with Gasteiger partial charge in [-0.05, 0) is 56.5 Å². The number of nitrogens with zero attached hydrogens (tertiary/aromatic N) is 1. The van der Waals surface area contributed by atoms with Crippen LogP contribution < -0.4 is 10.1 Å². The van der Waals surface area contributed by atoms with Crippen LogP contribution in [0.4, 0.5) is 4.39 Å². The molecule has 1 heterocycles. The molecule has 1 N–H and O–H groups in total. The molecule has 3 nitrogen and oxygen atoms in total. The average Bonchev–Trinajstić information content (AvgIpc) is 3.46. The highest BCUT2D eigenvalue weighted by Crippen LogP contribution is 2.41. The summed E-state index contributed by atoms with van der Waals surface area (Å²) < 4.78 is 19.3. The van der Waals surface area contributed by atoms with Crippen LogP contribution in [0.2, 0.25) is 0 Å². The second kappa shape index (κ2) is 8.41. The van der Waals surface area contributed by atoms with Crippen LogP contribution in [0.15, 0.2) is 48.5 Å². The molecular weight excluding hydrogens is 339 g/mol. The first-order valence-electron chi connectivity index (χ1n) is 10.1. The molecule has 0 amide bonds. The molecule has 144 valence electrons. The average molecular weight is 368 g/mol. The summed E-state index contributed by atoms with van der Waals surface area (Å²) in [6.07, 6.45) is 3.65. The second-order valence-corrected chi connectivity index (χ2v) is 7.90. The molecule has 1 saturated carbocycles. The number of nitrogens with one attached hydrogen (secondary N) is 1. The Balaban J connectivity index is 1.14. The van der Waals surface area contributed by atoms with Crippen molar-refractivity contribution in [2.75, 3.05) is 26.2 Å². The summed E-state index contributed by atoms with van der Waals surface area (Å²) in [5, 5.41) is 3.86. The van der Waals surface area contributed by atoms with E-state index in [1.54, 1.807) is 13.0 Å². The summed E-state index contributed by atoms with van der Waals surface area (Å²) >= 11 is 0. The third kappa shape index (κ3) is 4.88. The zero-order valence-corrected chi connectivity index (χ0v) is 16.0. The van der Waals surface area contributed by atoms with Gasteiger partial charge in [-0.2, -0.15) is 0 Å².